The van der Waals surface area contributed by atoms with E-state index in [1.54, 1.807) is 40.7 Å². The number of aryl methyl sites for hydroxylation is 1. The molecule has 0 aliphatic carbocycles. The molecule has 0 bridgehead atoms. The van der Waals surface area contributed by atoms with Gasteiger partial charge in [-0.15, -0.1) is 0 Å². The van der Waals surface area contributed by atoms with Gasteiger partial charge in [-0.1, -0.05) is 0 Å². The number of halogens is 3. The Labute approximate surface area is 209 Å². The first-order valence-corrected chi connectivity index (χ1v) is 11.5. The molecule has 2 heterocycles. The van der Waals surface area contributed by atoms with Crippen LogP contribution in [-0.2, 0) is 27.5 Å². The molecule has 0 fully saturated rings. The van der Waals surface area contributed by atoms with Crippen molar-refractivity contribution < 1.29 is 37.3 Å². The van der Waals surface area contributed by atoms with Crippen molar-refractivity contribution in [1.82, 2.24) is 19.7 Å². The number of carboxylic acid groups (broad SMARTS) is 1. The number of carbonyl (C=O) groups is 2. The van der Waals surface area contributed by atoms with Gasteiger partial charge in [0.05, 0.1) is 43.9 Å². The number of fused-ring (bicyclic) bond motifs is 3. The highest BCUT2D eigenvalue weighted by atomic mass is 19.4. The highest BCUT2D eigenvalue weighted by Crippen LogP contribution is 2.34. The summed E-state index contributed by atoms with van der Waals surface area (Å²) in [7, 11) is 1.75. The monoisotopic (exact) mass is 518 g/mol. The minimum absolute atomic E-state index is 0.0700. The van der Waals surface area contributed by atoms with Gasteiger partial charge in [-0.05, 0) is 42.5 Å². The standard InChI is InChI=1S/C25H25F3N4O5/c1-31-15-20-19-14-16(24(35)29-9-11-37-13-12-36-10-8-22(33)34)2-7-21(19)32(23(20)30-31)18-5-3-17(4-6-18)25(26,27)28/h2-7,14-15H,8-13H2,1H3,(H,29,35)(H,33,34). The van der Waals surface area contributed by atoms with E-state index >= 15 is 0 Å². The third-order valence-electron chi connectivity index (χ3n) is 5.63. The van der Waals surface area contributed by atoms with E-state index in [1.807, 2.05) is 0 Å². The third kappa shape index (κ3) is 6.09. The molecule has 0 radical (unpaired) electrons. The van der Waals surface area contributed by atoms with Gasteiger partial charge in [-0.2, -0.15) is 18.3 Å². The molecule has 2 N–H and O–H groups in total. The maximum absolute atomic E-state index is 13.0. The summed E-state index contributed by atoms with van der Waals surface area (Å²) >= 11 is 0. The number of ether oxygens (including phenoxy) is 2. The van der Waals surface area contributed by atoms with Gasteiger partial charge in [0.2, 0.25) is 0 Å². The molecule has 2 aromatic carbocycles. The number of hydrogen-bond donors (Lipinski definition) is 2. The summed E-state index contributed by atoms with van der Waals surface area (Å²) in [6, 6.07) is 9.97. The SMILES string of the molecule is Cn1cc2c3cc(C(=O)NCCOCCOCCC(=O)O)ccc3n(-c3ccc(C(F)(F)F)cc3)c2n1. The number of nitrogens with one attached hydrogen (secondary N) is 1. The number of aromatic nitrogens is 3. The number of hydrogen-bond acceptors (Lipinski definition) is 5. The first kappa shape index (κ1) is 26.2. The summed E-state index contributed by atoms with van der Waals surface area (Å²) in [6.07, 6.45) is -2.70. The van der Waals surface area contributed by atoms with Crippen LogP contribution in [0.15, 0.2) is 48.7 Å². The van der Waals surface area contributed by atoms with Crippen molar-refractivity contribution in [2.75, 3.05) is 33.0 Å². The Morgan fingerprint density at radius 3 is 2.38 bits per heavy atom. The van der Waals surface area contributed by atoms with E-state index in [0.29, 0.717) is 22.4 Å². The lowest BCUT2D eigenvalue weighted by molar-refractivity contribution is -0.139. The zero-order valence-electron chi connectivity index (χ0n) is 19.9. The van der Waals surface area contributed by atoms with E-state index < -0.39 is 17.7 Å². The van der Waals surface area contributed by atoms with E-state index in [2.05, 4.69) is 10.4 Å². The van der Waals surface area contributed by atoms with Crippen molar-refractivity contribution in [1.29, 1.82) is 0 Å². The molecule has 0 unspecified atom stereocenters. The Balaban J connectivity index is 1.45. The molecule has 0 saturated carbocycles. The van der Waals surface area contributed by atoms with Gasteiger partial charge in [0, 0.05) is 41.8 Å². The Kier molecular flexibility index (Phi) is 7.79. The summed E-state index contributed by atoms with van der Waals surface area (Å²) in [5.74, 6) is -1.23. The smallest absolute Gasteiger partial charge is 0.416 e. The Hall–Kier alpha value is -3.90. The predicted octanol–water partition coefficient (Wildman–Crippen LogP) is 3.77. The average Bonchev–Trinajstić information content (AvgIpc) is 3.36. The minimum atomic E-state index is -4.43. The lowest BCUT2D eigenvalue weighted by Crippen LogP contribution is -2.27. The van der Waals surface area contributed by atoms with Crippen molar-refractivity contribution >= 4 is 33.8 Å². The fourth-order valence-corrected chi connectivity index (χ4v) is 3.92. The molecule has 9 nitrogen and oxygen atoms in total. The van der Waals surface area contributed by atoms with Crippen LogP contribution in [0.5, 0.6) is 0 Å². The Bertz CT molecular complexity index is 1410. The number of aliphatic carboxylic acids is 1. The van der Waals surface area contributed by atoms with Gasteiger partial charge < -0.3 is 19.9 Å². The molecule has 0 saturated heterocycles. The summed E-state index contributed by atoms with van der Waals surface area (Å²) in [5.41, 5.74) is 1.47. The number of rotatable bonds is 11. The number of nitrogens with zero attached hydrogens (tertiary/aromatic N) is 3. The van der Waals surface area contributed by atoms with Crippen LogP contribution in [0.25, 0.3) is 27.6 Å². The van der Waals surface area contributed by atoms with Crippen LogP contribution in [0, 0.1) is 0 Å². The number of carboxylic acids is 1. The van der Waals surface area contributed by atoms with Crippen molar-refractivity contribution in [2.24, 2.45) is 7.05 Å². The molecule has 4 rings (SSSR count). The molecule has 0 atom stereocenters. The summed E-state index contributed by atoms with van der Waals surface area (Å²) in [6.45, 7) is 1.17. The predicted molar refractivity (Wildman–Crippen MR) is 129 cm³/mol. The number of amides is 1. The van der Waals surface area contributed by atoms with E-state index in [9.17, 15) is 22.8 Å². The first-order chi connectivity index (χ1) is 17.6. The third-order valence-corrected chi connectivity index (χ3v) is 5.63. The zero-order valence-corrected chi connectivity index (χ0v) is 19.9. The Morgan fingerprint density at radius 2 is 1.70 bits per heavy atom. The van der Waals surface area contributed by atoms with Crippen LogP contribution < -0.4 is 5.32 Å². The highest BCUT2D eigenvalue weighted by Gasteiger charge is 2.30. The molecule has 1 amide bonds. The number of carbonyl (C=O) groups excluding carboxylic acids is 1. The maximum atomic E-state index is 13.0. The molecule has 4 aromatic rings. The van der Waals surface area contributed by atoms with Gasteiger partial charge in [-0.3, -0.25) is 18.8 Å². The summed E-state index contributed by atoms with van der Waals surface area (Å²) in [5, 5.41) is 17.3. The Morgan fingerprint density at radius 1 is 1.00 bits per heavy atom. The molecule has 0 spiro atoms. The summed E-state index contributed by atoms with van der Waals surface area (Å²) < 4.78 is 52.9. The van der Waals surface area contributed by atoms with Gasteiger partial charge in [0.15, 0.2) is 5.65 Å². The van der Waals surface area contributed by atoms with Crippen molar-refractivity contribution in [3.8, 4) is 5.69 Å². The molecule has 196 valence electrons. The molecule has 0 aliphatic rings. The van der Waals surface area contributed by atoms with Crippen molar-refractivity contribution in [3.05, 3.63) is 59.8 Å². The molecule has 2 aromatic heterocycles. The lowest BCUT2D eigenvalue weighted by atomic mass is 10.1. The second-order valence-corrected chi connectivity index (χ2v) is 8.28. The van der Waals surface area contributed by atoms with E-state index in [1.165, 1.54) is 12.1 Å². The minimum Gasteiger partial charge on any atom is -0.481 e. The molecule has 37 heavy (non-hydrogen) atoms. The van der Waals surface area contributed by atoms with Crippen LogP contribution in [0.3, 0.4) is 0 Å². The lowest BCUT2D eigenvalue weighted by Gasteiger charge is -2.10. The van der Waals surface area contributed by atoms with Crippen LogP contribution >= 0.6 is 0 Å². The highest BCUT2D eigenvalue weighted by molar-refractivity contribution is 6.10. The quantitative estimate of drug-likeness (QED) is 0.293. The van der Waals surface area contributed by atoms with Gasteiger partial charge in [0.25, 0.3) is 5.91 Å². The van der Waals surface area contributed by atoms with E-state index in [0.717, 1.165) is 22.9 Å². The second-order valence-electron chi connectivity index (χ2n) is 8.28. The fraction of sp³-hybridized carbons (Fsp3) is 0.320. The van der Waals surface area contributed by atoms with Gasteiger partial charge in [-0.25, -0.2) is 0 Å². The molecule has 0 aliphatic heterocycles. The van der Waals surface area contributed by atoms with Crippen LogP contribution in [0.4, 0.5) is 13.2 Å². The average molecular weight is 518 g/mol. The summed E-state index contributed by atoms with van der Waals surface area (Å²) in [4.78, 5) is 23.1. The molecular weight excluding hydrogens is 493 g/mol. The van der Waals surface area contributed by atoms with Crippen LogP contribution in [-0.4, -0.2) is 64.3 Å². The number of benzene rings is 2. The van der Waals surface area contributed by atoms with Gasteiger partial charge >= 0.3 is 12.1 Å². The largest absolute Gasteiger partial charge is 0.481 e. The van der Waals surface area contributed by atoms with E-state index in [4.69, 9.17) is 14.6 Å². The normalized spacial score (nSPS) is 11.9. The zero-order chi connectivity index (χ0) is 26.6. The van der Waals surface area contributed by atoms with Crippen molar-refractivity contribution in [3.63, 3.8) is 0 Å². The maximum Gasteiger partial charge on any atom is 0.416 e. The topological polar surface area (TPSA) is 108 Å². The second kappa shape index (κ2) is 11.0. The van der Waals surface area contributed by atoms with Crippen LogP contribution in [0.1, 0.15) is 22.3 Å². The van der Waals surface area contributed by atoms with Gasteiger partial charge in [0.1, 0.15) is 0 Å². The fourth-order valence-electron chi connectivity index (χ4n) is 3.92. The molecular formula is C25H25F3N4O5. The van der Waals surface area contributed by atoms with Crippen LogP contribution in [0.2, 0.25) is 0 Å². The first-order valence-electron chi connectivity index (χ1n) is 11.5. The van der Waals surface area contributed by atoms with Crippen molar-refractivity contribution in [2.45, 2.75) is 12.6 Å². The molecule has 12 heteroatoms. The van der Waals surface area contributed by atoms with E-state index in [-0.39, 0.29) is 45.3 Å². The number of alkyl halides is 3.